The first-order valence-electron chi connectivity index (χ1n) is 10.0. The van der Waals surface area contributed by atoms with E-state index in [0.29, 0.717) is 5.69 Å². The van der Waals surface area contributed by atoms with E-state index < -0.39 is 0 Å². The number of nitrogens with zero attached hydrogens (tertiary/aromatic N) is 3. The molecular weight excluding hydrogens is 390 g/mol. The first-order valence-corrected chi connectivity index (χ1v) is 10.9. The summed E-state index contributed by atoms with van der Waals surface area (Å²) in [7, 11) is 4.20. The first-order chi connectivity index (χ1) is 14.4. The van der Waals surface area contributed by atoms with Gasteiger partial charge in [-0.25, -0.2) is 9.97 Å². The molecule has 1 atom stereocenters. The number of rotatable bonds is 6. The number of hydrogen-bond acceptors (Lipinski definition) is 6. The third-order valence-electron chi connectivity index (χ3n) is 5.01. The third-order valence-corrected chi connectivity index (χ3v) is 6.31. The van der Waals surface area contributed by atoms with Gasteiger partial charge in [0.1, 0.15) is 11.6 Å². The lowest BCUT2D eigenvalue weighted by Crippen LogP contribution is -2.11. The highest BCUT2D eigenvalue weighted by molar-refractivity contribution is 7.15. The highest BCUT2D eigenvalue weighted by Gasteiger charge is 2.15. The van der Waals surface area contributed by atoms with Gasteiger partial charge in [-0.3, -0.25) is 0 Å². The van der Waals surface area contributed by atoms with E-state index in [1.165, 1.54) is 20.9 Å². The van der Waals surface area contributed by atoms with Gasteiger partial charge in [-0.05, 0) is 69.4 Å². The molecule has 2 heterocycles. The van der Waals surface area contributed by atoms with Crippen LogP contribution in [0.4, 0.5) is 11.5 Å². The Morgan fingerprint density at radius 3 is 2.67 bits per heavy atom. The van der Waals surface area contributed by atoms with E-state index in [2.05, 4.69) is 77.6 Å². The quantitative estimate of drug-likeness (QED) is 0.406. The van der Waals surface area contributed by atoms with Crippen LogP contribution in [0.3, 0.4) is 0 Å². The Balaban J connectivity index is 1.63. The topological polar surface area (TPSA) is 67.1 Å². The molecule has 3 N–H and O–H groups in total. The minimum absolute atomic E-state index is 0.115. The van der Waals surface area contributed by atoms with E-state index in [1.54, 1.807) is 0 Å². The maximum atomic E-state index is 6.00. The van der Waals surface area contributed by atoms with Gasteiger partial charge in [0.25, 0.3) is 0 Å². The Morgan fingerprint density at radius 1 is 1.07 bits per heavy atom. The summed E-state index contributed by atoms with van der Waals surface area (Å²) in [5.41, 5.74) is 10.2. The van der Waals surface area contributed by atoms with Crippen LogP contribution >= 0.6 is 11.3 Å². The fourth-order valence-corrected chi connectivity index (χ4v) is 4.69. The molecule has 0 bridgehead atoms. The third kappa shape index (κ3) is 4.30. The average Bonchev–Trinajstić information content (AvgIpc) is 3.18. The number of thiophene rings is 1. The number of nitrogens with two attached hydrogens (primary N) is 1. The van der Waals surface area contributed by atoms with E-state index in [4.69, 9.17) is 5.73 Å². The number of anilines is 2. The molecule has 1 unspecified atom stereocenters. The van der Waals surface area contributed by atoms with Crippen molar-refractivity contribution < 1.29 is 0 Å². The van der Waals surface area contributed by atoms with Crippen LogP contribution < -0.4 is 11.1 Å². The standard InChI is InChI=1S/C24H27N5S/c1-15(26-24-20-13-18(25)9-10-21(20)27-16(2)28-24)22-11-12-23(30-22)19-8-6-5-7-17(19)14-29(3)4/h5-13,15H,14,25H2,1-4H3,(H,26,27,28). The Hall–Kier alpha value is -2.96. The summed E-state index contributed by atoms with van der Waals surface area (Å²) in [4.78, 5) is 13.9. The number of aromatic nitrogens is 2. The second-order valence-electron chi connectivity index (χ2n) is 7.86. The van der Waals surface area contributed by atoms with Gasteiger partial charge in [-0.2, -0.15) is 0 Å². The van der Waals surface area contributed by atoms with E-state index in [1.807, 2.05) is 36.5 Å². The number of aryl methyl sites for hydroxylation is 1. The maximum absolute atomic E-state index is 6.00. The molecule has 5 nitrogen and oxygen atoms in total. The zero-order chi connectivity index (χ0) is 21.3. The molecule has 0 amide bonds. The normalized spacial score (nSPS) is 12.4. The SMILES string of the molecule is Cc1nc(NC(C)c2ccc(-c3ccccc3CN(C)C)s2)c2cc(N)ccc2n1. The summed E-state index contributed by atoms with van der Waals surface area (Å²) in [6.45, 7) is 5.00. The molecule has 0 aliphatic carbocycles. The van der Waals surface area contributed by atoms with Crippen molar-refractivity contribution in [3.8, 4) is 10.4 Å². The average molecular weight is 418 g/mol. The van der Waals surface area contributed by atoms with Gasteiger partial charge in [0.15, 0.2) is 0 Å². The number of nitrogen functional groups attached to an aromatic ring is 1. The van der Waals surface area contributed by atoms with Crippen molar-refractivity contribution in [3.63, 3.8) is 0 Å². The van der Waals surface area contributed by atoms with Crippen molar-refractivity contribution in [3.05, 3.63) is 70.9 Å². The lowest BCUT2D eigenvalue weighted by Gasteiger charge is -2.16. The Bertz CT molecular complexity index is 1180. The molecule has 154 valence electrons. The predicted molar refractivity (Wildman–Crippen MR) is 128 cm³/mol. The van der Waals surface area contributed by atoms with Crippen LogP contribution in [0.5, 0.6) is 0 Å². The van der Waals surface area contributed by atoms with E-state index in [-0.39, 0.29) is 6.04 Å². The van der Waals surface area contributed by atoms with E-state index in [0.717, 1.165) is 29.1 Å². The van der Waals surface area contributed by atoms with Gasteiger partial charge in [0.05, 0.1) is 11.6 Å². The van der Waals surface area contributed by atoms with Crippen molar-refractivity contribution in [2.45, 2.75) is 26.4 Å². The molecule has 6 heteroatoms. The molecule has 30 heavy (non-hydrogen) atoms. The molecular formula is C24H27N5S. The van der Waals surface area contributed by atoms with Gasteiger partial charge in [0.2, 0.25) is 0 Å². The zero-order valence-corrected chi connectivity index (χ0v) is 18.6. The van der Waals surface area contributed by atoms with Crippen LogP contribution in [-0.2, 0) is 6.54 Å². The van der Waals surface area contributed by atoms with Crippen LogP contribution in [0.2, 0.25) is 0 Å². The van der Waals surface area contributed by atoms with Gasteiger partial charge in [-0.15, -0.1) is 11.3 Å². The summed E-state index contributed by atoms with van der Waals surface area (Å²) in [6, 6.07) is 18.9. The minimum atomic E-state index is 0.115. The van der Waals surface area contributed by atoms with Gasteiger partial charge in [0, 0.05) is 27.4 Å². The summed E-state index contributed by atoms with van der Waals surface area (Å²) in [5.74, 6) is 1.56. The predicted octanol–water partition coefficient (Wildman–Crippen LogP) is 5.48. The summed E-state index contributed by atoms with van der Waals surface area (Å²) in [6.07, 6.45) is 0. The molecule has 2 aromatic carbocycles. The van der Waals surface area contributed by atoms with Gasteiger partial charge < -0.3 is 16.0 Å². The van der Waals surface area contributed by atoms with Crippen molar-refractivity contribution >= 4 is 33.7 Å². The smallest absolute Gasteiger partial charge is 0.138 e. The molecule has 0 aliphatic heterocycles. The Kier molecular flexibility index (Phi) is 5.70. The molecule has 2 aromatic heterocycles. The highest BCUT2D eigenvalue weighted by Crippen LogP contribution is 2.35. The molecule has 4 aromatic rings. The van der Waals surface area contributed by atoms with Crippen molar-refractivity contribution in [1.29, 1.82) is 0 Å². The molecule has 0 fully saturated rings. The fraction of sp³-hybridized carbons (Fsp3) is 0.250. The highest BCUT2D eigenvalue weighted by atomic mass is 32.1. The Morgan fingerprint density at radius 2 is 1.87 bits per heavy atom. The van der Waals surface area contributed by atoms with E-state index >= 15 is 0 Å². The van der Waals surface area contributed by atoms with E-state index in [9.17, 15) is 0 Å². The summed E-state index contributed by atoms with van der Waals surface area (Å²) < 4.78 is 0. The zero-order valence-electron chi connectivity index (χ0n) is 17.8. The molecule has 0 radical (unpaired) electrons. The van der Waals surface area contributed by atoms with Crippen LogP contribution in [-0.4, -0.2) is 29.0 Å². The van der Waals surface area contributed by atoms with Crippen molar-refractivity contribution in [2.75, 3.05) is 25.1 Å². The minimum Gasteiger partial charge on any atom is -0.399 e. The number of fused-ring (bicyclic) bond motifs is 1. The van der Waals surface area contributed by atoms with Crippen LogP contribution in [0.1, 0.15) is 29.2 Å². The second-order valence-corrected chi connectivity index (χ2v) is 8.97. The van der Waals surface area contributed by atoms with Crippen LogP contribution in [0.15, 0.2) is 54.6 Å². The van der Waals surface area contributed by atoms with Gasteiger partial charge in [-0.1, -0.05) is 24.3 Å². The van der Waals surface area contributed by atoms with Gasteiger partial charge >= 0.3 is 0 Å². The maximum Gasteiger partial charge on any atom is 0.138 e. The second kappa shape index (κ2) is 8.42. The molecule has 0 saturated carbocycles. The molecule has 0 saturated heterocycles. The first kappa shape index (κ1) is 20.3. The molecule has 0 aliphatic rings. The number of nitrogens with one attached hydrogen (secondary N) is 1. The monoisotopic (exact) mass is 417 g/mol. The number of hydrogen-bond donors (Lipinski definition) is 2. The number of benzene rings is 2. The molecule has 0 spiro atoms. The lowest BCUT2D eigenvalue weighted by atomic mass is 10.1. The van der Waals surface area contributed by atoms with Crippen LogP contribution in [0.25, 0.3) is 21.3 Å². The van der Waals surface area contributed by atoms with Crippen molar-refractivity contribution in [1.82, 2.24) is 14.9 Å². The summed E-state index contributed by atoms with van der Waals surface area (Å²) in [5, 5.41) is 4.52. The Labute approximate surface area is 181 Å². The largest absolute Gasteiger partial charge is 0.399 e. The molecule has 4 rings (SSSR count). The lowest BCUT2D eigenvalue weighted by molar-refractivity contribution is 0.403. The van der Waals surface area contributed by atoms with Crippen LogP contribution in [0, 0.1) is 6.92 Å². The fourth-order valence-electron chi connectivity index (χ4n) is 3.62. The van der Waals surface area contributed by atoms with Crippen molar-refractivity contribution in [2.24, 2.45) is 0 Å². The summed E-state index contributed by atoms with van der Waals surface area (Å²) >= 11 is 1.82.